The largest absolute Gasteiger partial charge is 0.396 e. The quantitative estimate of drug-likeness (QED) is 0.930. The van der Waals surface area contributed by atoms with Crippen LogP contribution in [0.3, 0.4) is 0 Å². The van der Waals surface area contributed by atoms with Crippen LogP contribution in [-0.2, 0) is 6.54 Å². The fraction of sp³-hybridized carbons (Fsp3) is 0.583. The van der Waals surface area contributed by atoms with Gasteiger partial charge >= 0.3 is 0 Å². The third kappa shape index (κ3) is 2.95. The Labute approximate surface area is 125 Å². The molecule has 0 saturated carbocycles. The van der Waals surface area contributed by atoms with Gasteiger partial charge in [-0.2, -0.15) is 21.8 Å². The highest BCUT2D eigenvalue weighted by molar-refractivity contribution is 8.07. The zero-order valence-corrected chi connectivity index (χ0v) is 13.0. The Hall–Kier alpha value is -1.15. The predicted octanol–water partition coefficient (Wildman–Crippen LogP) is 2.19. The van der Waals surface area contributed by atoms with Crippen molar-refractivity contribution >= 4 is 29.2 Å². The van der Waals surface area contributed by atoms with Gasteiger partial charge in [0, 0.05) is 22.4 Å². The van der Waals surface area contributed by atoms with E-state index in [0.717, 1.165) is 11.6 Å². The Morgan fingerprint density at radius 3 is 3.00 bits per heavy atom. The van der Waals surface area contributed by atoms with Crippen molar-refractivity contribution in [3.63, 3.8) is 0 Å². The second kappa shape index (κ2) is 5.69. The summed E-state index contributed by atoms with van der Waals surface area (Å²) in [5, 5.41) is 9.81. The molecule has 2 aromatic rings. The lowest BCUT2D eigenvalue weighted by Gasteiger charge is -2.29. The van der Waals surface area contributed by atoms with Crippen LogP contribution in [-0.4, -0.2) is 36.2 Å². The van der Waals surface area contributed by atoms with Gasteiger partial charge in [-0.15, -0.1) is 11.8 Å². The van der Waals surface area contributed by atoms with Gasteiger partial charge in [-0.3, -0.25) is 4.68 Å². The van der Waals surface area contributed by atoms with Crippen LogP contribution in [0.5, 0.6) is 0 Å². The molecule has 3 heterocycles. The topological polar surface area (TPSA) is 82.8 Å². The minimum Gasteiger partial charge on any atom is -0.396 e. The molecular formula is C12H17N5OS2. The lowest BCUT2D eigenvalue weighted by Crippen LogP contribution is -2.22. The van der Waals surface area contributed by atoms with Crippen LogP contribution in [0.2, 0.25) is 0 Å². The van der Waals surface area contributed by atoms with E-state index in [4.69, 9.17) is 10.3 Å². The molecule has 6 nitrogen and oxygen atoms in total. The van der Waals surface area contributed by atoms with E-state index in [1.165, 1.54) is 0 Å². The molecule has 1 fully saturated rings. The summed E-state index contributed by atoms with van der Waals surface area (Å²) in [5.41, 5.74) is 6.26. The second-order valence-electron chi connectivity index (χ2n) is 4.89. The minimum atomic E-state index is 0.311. The van der Waals surface area contributed by atoms with Crippen LogP contribution < -0.4 is 5.73 Å². The van der Waals surface area contributed by atoms with Crippen molar-refractivity contribution in [2.45, 2.75) is 36.1 Å². The molecule has 1 saturated heterocycles. The average Bonchev–Trinajstić information content (AvgIpc) is 3.03. The zero-order valence-electron chi connectivity index (χ0n) is 11.4. The fourth-order valence-corrected chi connectivity index (χ4v) is 4.82. The molecule has 0 aliphatic carbocycles. The Morgan fingerprint density at radius 1 is 1.45 bits per heavy atom. The molecule has 3 atom stereocenters. The van der Waals surface area contributed by atoms with Crippen LogP contribution in [0, 0.1) is 0 Å². The molecule has 3 rings (SSSR count). The first kappa shape index (κ1) is 13.8. The molecule has 0 bridgehead atoms. The van der Waals surface area contributed by atoms with Crippen molar-refractivity contribution in [1.29, 1.82) is 0 Å². The third-order valence-electron chi connectivity index (χ3n) is 3.27. The van der Waals surface area contributed by atoms with Gasteiger partial charge in [0.15, 0.2) is 5.82 Å². The molecule has 0 radical (unpaired) electrons. The number of anilines is 1. The van der Waals surface area contributed by atoms with Crippen LogP contribution >= 0.6 is 23.5 Å². The lowest BCUT2D eigenvalue weighted by molar-refractivity contribution is 0.361. The lowest BCUT2D eigenvalue weighted by atomic mass is 10.3. The van der Waals surface area contributed by atoms with Crippen LogP contribution in [0.25, 0.3) is 0 Å². The molecule has 2 aromatic heterocycles. The maximum atomic E-state index is 5.63. The number of aromatic nitrogens is 4. The highest BCUT2D eigenvalue weighted by Gasteiger charge is 2.29. The van der Waals surface area contributed by atoms with E-state index in [0.29, 0.717) is 33.9 Å². The molecule has 0 spiro atoms. The van der Waals surface area contributed by atoms with Gasteiger partial charge in [-0.05, 0) is 0 Å². The van der Waals surface area contributed by atoms with Gasteiger partial charge in [0.05, 0.1) is 17.1 Å². The van der Waals surface area contributed by atoms with E-state index in [1.54, 1.807) is 17.1 Å². The van der Waals surface area contributed by atoms with Crippen molar-refractivity contribution in [1.82, 2.24) is 19.9 Å². The molecule has 2 N–H and O–H groups in total. The number of thioether (sulfide) groups is 2. The highest BCUT2D eigenvalue weighted by Crippen LogP contribution is 2.43. The normalized spacial score (nSPS) is 26.8. The van der Waals surface area contributed by atoms with Crippen LogP contribution in [0.4, 0.5) is 5.69 Å². The zero-order chi connectivity index (χ0) is 14.1. The Morgan fingerprint density at radius 2 is 2.30 bits per heavy atom. The number of hydrogen-bond acceptors (Lipinski definition) is 7. The molecule has 108 valence electrons. The van der Waals surface area contributed by atoms with E-state index in [1.807, 2.05) is 23.5 Å². The van der Waals surface area contributed by atoms with E-state index in [9.17, 15) is 0 Å². The van der Waals surface area contributed by atoms with Crippen LogP contribution in [0.15, 0.2) is 16.9 Å². The number of nitrogen functional groups attached to an aromatic ring is 1. The summed E-state index contributed by atoms with van der Waals surface area (Å²) in [6, 6.07) is 0. The first-order chi connectivity index (χ1) is 9.61. The van der Waals surface area contributed by atoms with E-state index in [-0.39, 0.29) is 0 Å². The van der Waals surface area contributed by atoms with Gasteiger partial charge in [0.2, 0.25) is 5.89 Å². The smallest absolute Gasteiger partial charge is 0.248 e. The monoisotopic (exact) mass is 311 g/mol. The van der Waals surface area contributed by atoms with Crippen molar-refractivity contribution in [3.05, 3.63) is 24.1 Å². The van der Waals surface area contributed by atoms with E-state index < -0.39 is 0 Å². The molecule has 3 unspecified atom stereocenters. The van der Waals surface area contributed by atoms with Gasteiger partial charge in [-0.1, -0.05) is 19.0 Å². The number of nitrogens with two attached hydrogens (primary N) is 1. The molecular weight excluding hydrogens is 294 g/mol. The second-order valence-corrected chi connectivity index (χ2v) is 7.88. The Bertz CT molecular complexity index is 584. The first-order valence-corrected chi connectivity index (χ1v) is 8.48. The summed E-state index contributed by atoms with van der Waals surface area (Å²) in [5.74, 6) is 2.39. The number of nitrogens with zero attached hydrogens (tertiary/aromatic N) is 4. The molecule has 20 heavy (non-hydrogen) atoms. The number of rotatable bonds is 3. The fourth-order valence-electron chi connectivity index (χ4n) is 1.99. The molecule has 1 aliphatic heterocycles. The van der Waals surface area contributed by atoms with Crippen molar-refractivity contribution in [2.24, 2.45) is 0 Å². The van der Waals surface area contributed by atoms with Crippen LogP contribution in [0.1, 0.15) is 30.8 Å². The van der Waals surface area contributed by atoms with E-state index in [2.05, 4.69) is 29.1 Å². The van der Waals surface area contributed by atoms with Crippen molar-refractivity contribution < 1.29 is 4.52 Å². The highest BCUT2D eigenvalue weighted by atomic mass is 32.2. The van der Waals surface area contributed by atoms with E-state index >= 15 is 0 Å². The first-order valence-electron chi connectivity index (χ1n) is 6.49. The Kier molecular flexibility index (Phi) is 3.93. The molecule has 1 aliphatic rings. The summed E-state index contributed by atoms with van der Waals surface area (Å²) in [4.78, 5) is 4.48. The van der Waals surface area contributed by atoms with Gasteiger partial charge < -0.3 is 10.3 Å². The van der Waals surface area contributed by atoms with Gasteiger partial charge in [0.1, 0.15) is 6.54 Å². The summed E-state index contributed by atoms with van der Waals surface area (Å²) >= 11 is 3.89. The predicted molar refractivity (Wildman–Crippen MR) is 81.8 cm³/mol. The third-order valence-corrected chi connectivity index (χ3v) is 6.66. The summed E-state index contributed by atoms with van der Waals surface area (Å²) in [6.45, 7) is 4.98. The number of hydrogen-bond donors (Lipinski definition) is 1. The maximum Gasteiger partial charge on any atom is 0.248 e. The SMILES string of the molecule is CC1SCC(c2noc(Cn3cc(N)cn3)n2)SC1C. The van der Waals surface area contributed by atoms with Crippen molar-refractivity contribution in [2.75, 3.05) is 11.5 Å². The summed E-state index contributed by atoms with van der Waals surface area (Å²) in [6.07, 6.45) is 3.35. The van der Waals surface area contributed by atoms with Gasteiger partial charge in [0.25, 0.3) is 0 Å². The molecule has 0 amide bonds. The standard InChI is InChI=1S/C12H17N5OS2/c1-7-8(2)20-10(6-19-7)12-15-11(18-16-12)5-17-4-9(13)3-14-17/h3-4,7-8,10H,5-6,13H2,1-2H3. The molecule has 0 aromatic carbocycles. The van der Waals surface area contributed by atoms with Gasteiger partial charge in [-0.25, -0.2) is 0 Å². The Balaban J connectivity index is 1.67. The molecule has 8 heteroatoms. The average molecular weight is 311 g/mol. The maximum absolute atomic E-state index is 5.63. The summed E-state index contributed by atoms with van der Waals surface area (Å²) in [7, 11) is 0. The minimum absolute atomic E-state index is 0.311. The van der Waals surface area contributed by atoms with Crippen molar-refractivity contribution in [3.8, 4) is 0 Å². The summed E-state index contributed by atoms with van der Waals surface area (Å²) < 4.78 is 7.00.